The average molecular weight is 246 g/mol. The third-order valence-corrected chi connectivity index (χ3v) is 4.98. The molecule has 1 aliphatic carbocycles. The molecule has 4 heteroatoms. The third-order valence-electron chi connectivity index (χ3n) is 3.34. The Kier molecular flexibility index (Phi) is 3.83. The van der Waals surface area contributed by atoms with Crippen molar-refractivity contribution in [3.05, 3.63) is 0 Å². The van der Waals surface area contributed by atoms with Gasteiger partial charge in [-0.15, -0.1) is 0 Å². The molecule has 0 N–H and O–H groups in total. The van der Waals surface area contributed by atoms with Crippen LogP contribution in [-0.4, -0.2) is 25.7 Å². The number of hydrogen-bond donors (Lipinski definition) is 0. The van der Waals surface area contributed by atoms with Crippen LogP contribution in [0.15, 0.2) is 0 Å². The van der Waals surface area contributed by atoms with Gasteiger partial charge in [0.1, 0.15) is 15.6 Å². The van der Waals surface area contributed by atoms with Gasteiger partial charge < -0.3 is 0 Å². The van der Waals surface area contributed by atoms with Gasteiger partial charge >= 0.3 is 0 Å². The van der Waals surface area contributed by atoms with Crippen molar-refractivity contribution < 1.29 is 13.2 Å². The van der Waals surface area contributed by atoms with Crippen molar-refractivity contribution in [3.63, 3.8) is 0 Å². The van der Waals surface area contributed by atoms with Crippen molar-refractivity contribution in [1.29, 1.82) is 0 Å². The molecule has 1 fully saturated rings. The van der Waals surface area contributed by atoms with Gasteiger partial charge in [-0.2, -0.15) is 0 Å². The van der Waals surface area contributed by atoms with E-state index in [2.05, 4.69) is 0 Å². The van der Waals surface area contributed by atoms with Gasteiger partial charge in [0.2, 0.25) is 0 Å². The number of carbonyl (C=O) groups excluding carboxylic acids is 1. The highest BCUT2D eigenvalue weighted by Crippen LogP contribution is 2.33. The Bertz CT molecular complexity index is 362. The normalized spacial score (nSPS) is 27.8. The largest absolute Gasteiger partial charge is 0.299 e. The Balaban J connectivity index is 2.76. The molecule has 16 heavy (non-hydrogen) atoms. The molecular weight excluding hydrogens is 224 g/mol. The zero-order valence-corrected chi connectivity index (χ0v) is 11.4. The standard InChI is InChI=1S/C12H22O3S/c1-12(2,3)11(13)9-6-5-7-10(8-9)16(4,14)15/h9-10H,5-8H2,1-4H3. The van der Waals surface area contributed by atoms with E-state index in [1.54, 1.807) is 0 Å². The Morgan fingerprint density at radius 2 is 1.75 bits per heavy atom. The SMILES string of the molecule is CC(C)(C)C(=O)C1CCCC(S(C)(=O)=O)C1. The Labute approximate surface area is 98.5 Å². The fourth-order valence-corrected chi connectivity index (χ4v) is 3.56. The summed E-state index contributed by atoms with van der Waals surface area (Å²) < 4.78 is 23.0. The first kappa shape index (κ1) is 13.7. The van der Waals surface area contributed by atoms with Gasteiger partial charge in [0.25, 0.3) is 0 Å². The second-order valence-electron chi connectivity index (χ2n) is 5.93. The summed E-state index contributed by atoms with van der Waals surface area (Å²) in [6, 6.07) is 0. The van der Waals surface area contributed by atoms with Crippen LogP contribution in [0.25, 0.3) is 0 Å². The van der Waals surface area contributed by atoms with Crippen LogP contribution in [0.4, 0.5) is 0 Å². The molecule has 0 bridgehead atoms. The molecule has 0 saturated heterocycles. The number of ketones is 1. The van der Waals surface area contributed by atoms with Gasteiger partial charge in [0.15, 0.2) is 0 Å². The van der Waals surface area contributed by atoms with Crippen molar-refractivity contribution >= 4 is 15.6 Å². The maximum atomic E-state index is 12.1. The summed E-state index contributed by atoms with van der Waals surface area (Å²) >= 11 is 0. The topological polar surface area (TPSA) is 51.2 Å². The molecule has 1 rings (SSSR count). The summed E-state index contributed by atoms with van der Waals surface area (Å²) in [5.74, 6) is 0.148. The smallest absolute Gasteiger partial charge is 0.150 e. The molecule has 0 aromatic heterocycles. The number of Topliss-reactive ketones (excluding diaryl/α,β-unsaturated/α-hetero) is 1. The van der Waals surface area contributed by atoms with Crippen molar-refractivity contribution in [2.75, 3.05) is 6.26 Å². The van der Waals surface area contributed by atoms with Gasteiger partial charge in [-0.3, -0.25) is 4.79 Å². The van der Waals surface area contributed by atoms with Gasteiger partial charge in [-0.05, 0) is 19.3 Å². The first-order valence-corrected chi connectivity index (χ1v) is 7.81. The monoisotopic (exact) mass is 246 g/mol. The zero-order chi connectivity index (χ0) is 12.6. The number of hydrogen-bond acceptors (Lipinski definition) is 3. The highest BCUT2D eigenvalue weighted by Gasteiger charge is 2.36. The number of sulfone groups is 1. The van der Waals surface area contributed by atoms with E-state index < -0.39 is 9.84 Å². The molecule has 0 radical (unpaired) electrons. The summed E-state index contributed by atoms with van der Waals surface area (Å²) in [7, 11) is -2.99. The molecule has 0 amide bonds. The lowest BCUT2D eigenvalue weighted by molar-refractivity contribution is -0.131. The van der Waals surface area contributed by atoms with Crippen molar-refractivity contribution in [2.45, 2.75) is 51.7 Å². The third kappa shape index (κ3) is 3.30. The highest BCUT2D eigenvalue weighted by atomic mass is 32.2. The zero-order valence-electron chi connectivity index (χ0n) is 10.6. The number of carbonyl (C=O) groups is 1. The lowest BCUT2D eigenvalue weighted by Crippen LogP contribution is -2.36. The van der Waals surface area contributed by atoms with E-state index in [9.17, 15) is 13.2 Å². The van der Waals surface area contributed by atoms with Crippen LogP contribution in [0.2, 0.25) is 0 Å². The van der Waals surface area contributed by atoms with Gasteiger partial charge in [0.05, 0.1) is 5.25 Å². The minimum atomic E-state index is -2.99. The van der Waals surface area contributed by atoms with Crippen LogP contribution in [0.1, 0.15) is 46.5 Å². The number of rotatable bonds is 2. The second kappa shape index (κ2) is 4.47. The van der Waals surface area contributed by atoms with Gasteiger partial charge in [-0.1, -0.05) is 27.2 Å². The maximum absolute atomic E-state index is 12.1. The van der Waals surface area contributed by atoms with Gasteiger partial charge in [0, 0.05) is 17.6 Å². The Morgan fingerprint density at radius 3 is 2.19 bits per heavy atom. The summed E-state index contributed by atoms with van der Waals surface area (Å²) in [5.41, 5.74) is -0.357. The van der Waals surface area contributed by atoms with E-state index >= 15 is 0 Å². The molecule has 2 atom stereocenters. The highest BCUT2D eigenvalue weighted by molar-refractivity contribution is 7.91. The lowest BCUT2D eigenvalue weighted by atomic mass is 9.76. The van der Waals surface area contributed by atoms with Crippen molar-refractivity contribution in [2.24, 2.45) is 11.3 Å². The molecule has 0 spiro atoms. The molecule has 0 aromatic carbocycles. The van der Waals surface area contributed by atoms with Crippen LogP contribution in [-0.2, 0) is 14.6 Å². The molecule has 3 nitrogen and oxygen atoms in total. The Morgan fingerprint density at radius 1 is 1.19 bits per heavy atom. The maximum Gasteiger partial charge on any atom is 0.150 e. The van der Waals surface area contributed by atoms with Crippen LogP contribution < -0.4 is 0 Å². The summed E-state index contributed by atoms with van der Waals surface area (Å²) in [6.07, 6.45) is 4.22. The van der Waals surface area contributed by atoms with E-state index in [4.69, 9.17) is 0 Å². The first-order chi connectivity index (χ1) is 7.12. The van der Waals surface area contributed by atoms with E-state index in [0.29, 0.717) is 12.8 Å². The van der Waals surface area contributed by atoms with E-state index in [1.165, 1.54) is 6.26 Å². The quantitative estimate of drug-likeness (QED) is 0.750. The average Bonchev–Trinajstić information content (AvgIpc) is 2.14. The summed E-state index contributed by atoms with van der Waals surface area (Å²) in [6.45, 7) is 5.71. The molecule has 0 heterocycles. The molecule has 1 saturated carbocycles. The van der Waals surface area contributed by atoms with Crippen molar-refractivity contribution in [1.82, 2.24) is 0 Å². The lowest BCUT2D eigenvalue weighted by Gasteiger charge is -2.31. The molecule has 2 unspecified atom stereocenters. The molecule has 0 aliphatic heterocycles. The minimum absolute atomic E-state index is 0.0616. The minimum Gasteiger partial charge on any atom is -0.299 e. The van der Waals surface area contributed by atoms with Crippen LogP contribution in [0.5, 0.6) is 0 Å². The van der Waals surface area contributed by atoms with E-state index in [-0.39, 0.29) is 22.4 Å². The first-order valence-electron chi connectivity index (χ1n) is 5.85. The molecular formula is C12H22O3S. The van der Waals surface area contributed by atoms with E-state index in [1.807, 2.05) is 20.8 Å². The van der Waals surface area contributed by atoms with Crippen LogP contribution in [0.3, 0.4) is 0 Å². The van der Waals surface area contributed by atoms with E-state index in [0.717, 1.165) is 12.8 Å². The second-order valence-corrected chi connectivity index (χ2v) is 8.26. The molecule has 94 valence electrons. The Hall–Kier alpha value is -0.380. The van der Waals surface area contributed by atoms with Crippen LogP contribution >= 0.6 is 0 Å². The fourth-order valence-electron chi connectivity index (χ4n) is 2.38. The van der Waals surface area contributed by atoms with Crippen molar-refractivity contribution in [3.8, 4) is 0 Å². The van der Waals surface area contributed by atoms with Gasteiger partial charge in [-0.25, -0.2) is 8.42 Å². The molecule has 0 aromatic rings. The molecule has 1 aliphatic rings. The predicted octanol–water partition coefficient (Wildman–Crippen LogP) is 2.21. The summed E-state index contributed by atoms with van der Waals surface area (Å²) in [4.78, 5) is 12.1. The predicted molar refractivity (Wildman–Crippen MR) is 65.1 cm³/mol. The fraction of sp³-hybridized carbons (Fsp3) is 0.917. The summed E-state index contributed by atoms with van der Waals surface area (Å²) in [5, 5.41) is -0.308. The van der Waals surface area contributed by atoms with Crippen LogP contribution in [0, 0.1) is 11.3 Å².